The molecule has 0 radical (unpaired) electrons. The van der Waals surface area contributed by atoms with Crippen LogP contribution in [-0.4, -0.2) is 32.0 Å². The molecule has 0 aromatic heterocycles. The number of rotatable bonds is 12. The first-order chi connectivity index (χ1) is 13.7. The largest absolute Gasteiger partial charge is 0.496 e. The van der Waals surface area contributed by atoms with Crippen molar-refractivity contribution in [3.05, 3.63) is 90.0 Å². The van der Waals surface area contributed by atoms with E-state index in [9.17, 15) is 5.11 Å². The standard InChI is InChI=1S/C24H30O4/c1-4-5-13-20(24(25)22-14-9-10-15-23(22)27-3)16-21(26-2)18-28-17-19-11-7-6-8-12-19/h4,6-15,21,24-25H,1,5,16-18H2,2-3H3. The molecule has 150 valence electrons. The van der Waals surface area contributed by atoms with E-state index < -0.39 is 6.10 Å². The lowest BCUT2D eigenvalue weighted by Crippen LogP contribution is -2.21. The summed E-state index contributed by atoms with van der Waals surface area (Å²) in [5, 5.41) is 11.0. The van der Waals surface area contributed by atoms with Gasteiger partial charge in [0.15, 0.2) is 0 Å². The van der Waals surface area contributed by atoms with E-state index in [4.69, 9.17) is 14.2 Å². The Labute approximate surface area is 168 Å². The highest BCUT2D eigenvalue weighted by molar-refractivity contribution is 5.39. The van der Waals surface area contributed by atoms with Crippen LogP contribution in [0.5, 0.6) is 5.75 Å². The van der Waals surface area contributed by atoms with Gasteiger partial charge in [-0.1, -0.05) is 60.7 Å². The molecular weight excluding hydrogens is 352 g/mol. The lowest BCUT2D eigenvalue weighted by molar-refractivity contribution is -0.000129. The van der Waals surface area contributed by atoms with E-state index in [1.807, 2.05) is 66.7 Å². The van der Waals surface area contributed by atoms with Crippen LogP contribution in [0.4, 0.5) is 0 Å². The highest BCUT2D eigenvalue weighted by Gasteiger charge is 2.21. The van der Waals surface area contributed by atoms with Crippen molar-refractivity contribution in [3.63, 3.8) is 0 Å². The zero-order chi connectivity index (χ0) is 20.2. The van der Waals surface area contributed by atoms with Crippen molar-refractivity contribution in [2.24, 2.45) is 0 Å². The molecule has 0 aliphatic heterocycles. The number of hydrogen-bond donors (Lipinski definition) is 1. The molecule has 2 aromatic carbocycles. The van der Waals surface area contributed by atoms with Crippen LogP contribution < -0.4 is 4.74 Å². The van der Waals surface area contributed by atoms with Crippen molar-refractivity contribution in [3.8, 4) is 5.75 Å². The molecule has 0 fully saturated rings. The molecule has 0 bridgehead atoms. The van der Waals surface area contributed by atoms with Gasteiger partial charge < -0.3 is 19.3 Å². The fraction of sp³-hybridized carbons (Fsp3) is 0.333. The molecule has 0 aliphatic carbocycles. The number of aliphatic hydroxyl groups is 1. The SMILES string of the molecule is C=CCC=C(CC(COCc1ccccc1)OC)C(O)c1ccccc1OC. The summed E-state index contributed by atoms with van der Waals surface area (Å²) in [4.78, 5) is 0. The third kappa shape index (κ3) is 6.64. The highest BCUT2D eigenvalue weighted by Crippen LogP contribution is 2.32. The van der Waals surface area contributed by atoms with Gasteiger partial charge in [-0.25, -0.2) is 0 Å². The van der Waals surface area contributed by atoms with Gasteiger partial charge in [-0.2, -0.15) is 0 Å². The van der Waals surface area contributed by atoms with E-state index in [2.05, 4.69) is 6.58 Å². The first-order valence-corrected chi connectivity index (χ1v) is 9.44. The van der Waals surface area contributed by atoms with Crippen molar-refractivity contribution in [1.82, 2.24) is 0 Å². The normalized spacial score (nSPS) is 13.8. The van der Waals surface area contributed by atoms with E-state index >= 15 is 0 Å². The Morgan fingerprint density at radius 1 is 1.07 bits per heavy atom. The summed E-state index contributed by atoms with van der Waals surface area (Å²) in [6, 6.07) is 17.5. The molecule has 0 spiro atoms. The Kier molecular flexibility index (Phi) is 9.49. The molecule has 28 heavy (non-hydrogen) atoms. The maximum atomic E-state index is 11.0. The summed E-state index contributed by atoms with van der Waals surface area (Å²) in [5.74, 6) is 0.661. The number of aliphatic hydroxyl groups excluding tert-OH is 1. The maximum absolute atomic E-state index is 11.0. The van der Waals surface area contributed by atoms with Crippen molar-refractivity contribution in [2.45, 2.75) is 31.7 Å². The summed E-state index contributed by atoms with van der Waals surface area (Å²) in [7, 11) is 3.27. The van der Waals surface area contributed by atoms with E-state index in [-0.39, 0.29) is 6.10 Å². The minimum absolute atomic E-state index is 0.163. The molecule has 0 saturated heterocycles. The van der Waals surface area contributed by atoms with Crippen LogP contribution in [0.3, 0.4) is 0 Å². The zero-order valence-corrected chi connectivity index (χ0v) is 16.7. The Morgan fingerprint density at radius 2 is 1.79 bits per heavy atom. The van der Waals surface area contributed by atoms with E-state index in [0.717, 1.165) is 16.7 Å². The fourth-order valence-corrected chi connectivity index (χ4v) is 2.99. The number of para-hydroxylation sites is 1. The Bertz CT molecular complexity index is 739. The highest BCUT2D eigenvalue weighted by atomic mass is 16.5. The first-order valence-electron chi connectivity index (χ1n) is 9.44. The minimum Gasteiger partial charge on any atom is -0.496 e. The Balaban J connectivity index is 2.05. The molecule has 4 nitrogen and oxygen atoms in total. The lowest BCUT2D eigenvalue weighted by atomic mass is 9.95. The van der Waals surface area contributed by atoms with Crippen LogP contribution in [0.25, 0.3) is 0 Å². The predicted molar refractivity (Wildman–Crippen MR) is 112 cm³/mol. The number of hydrogen-bond acceptors (Lipinski definition) is 4. The molecule has 2 rings (SSSR count). The van der Waals surface area contributed by atoms with Gasteiger partial charge in [-0.15, -0.1) is 6.58 Å². The average molecular weight is 383 g/mol. The molecule has 4 heteroatoms. The van der Waals surface area contributed by atoms with Crippen molar-refractivity contribution in [2.75, 3.05) is 20.8 Å². The summed E-state index contributed by atoms with van der Waals surface area (Å²) in [5.41, 5.74) is 2.72. The fourth-order valence-electron chi connectivity index (χ4n) is 2.99. The second-order valence-corrected chi connectivity index (χ2v) is 6.51. The first kappa shape index (κ1) is 21.9. The quantitative estimate of drug-likeness (QED) is 0.533. The van der Waals surface area contributed by atoms with Gasteiger partial charge in [0.2, 0.25) is 0 Å². The molecule has 2 atom stereocenters. The maximum Gasteiger partial charge on any atom is 0.124 e. The second-order valence-electron chi connectivity index (χ2n) is 6.51. The van der Waals surface area contributed by atoms with Crippen LogP contribution in [0, 0.1) is 0 Å². The summed E-state index contributed by atoms with van der Waals surface area (Å²) in [6.07, 6.45) is 4.09. The third-order valence-electron chi connectivity index (χ3n) is 4.54. The Hall–Kier alpha value is -2.40. The van der Waals surface area contributed by atoms with Gasteiger partial charge in [-0.05, 0) is 30.0 Å². The number of ether oxygens (including phenoxy) is 3. The van der Waals surface area contributed by atoms with Gasteiger partial charge in [0.25, 0.3) is 0 Å². The van der Waals surface area contributed by atoms with Crippen molar-refractivity contribution in [1.29, 1.82) is 0 Å². The van der Waals surface area contributed by atoms with E-state index in [1.165, 1.54) is 0 Å². The molecule has 2 unspecified atom stereocenters. The average Bonchev–Trinajstić information content (AvgIpc) is 2.75. The predicted octanol–water partition coefficient (Wildman–Crippen LogP) is 4.85. The summed E-state index contributed by atoms with van der Waals surface area (Å²) >= 11 is 0. The van der Waals surface area contributed by atoms with Gasteiger partial charge in [0.1, 0.15) is 11.9 Å². The topological polar surface area (TPSA) is 47.9 Å². The monoisotopic (exact) mass is 382 g/mol. The van der Waals surface area contributed by atoms with Crippen LogP contribution in [-0.2, 0) is 16.1 Å². The van der Waals surface area contributed by atoms with Crippen LogP contribution in [0.15, 0.2) is 78.9 Å². The zero-order valence-electron chi connectivity index (χ0n) is 16.7. The minimum atomic E-state index is -0.775. The van der Waals surface area contributed by atoms with Gasteiger partial charge >= 0.3 is 0 Å². The van der Waals surface area contributed by atoms with Crippen LogP contribution in [0.1, 0.15) is 30.1 Å². The smallest absolute Gasteiger partial charge is 0.124 e. The molecule has 1 N–H and O–H groups in total. The third-order valence-corrected chi connectivity index (χ3v) is 4.54. The van der Waals surface area contributed by atoms with Crippen LogP contribution >= 0.6 is 0 Å². The number of allylic oxidation sites excluding steroid dienone is 2. The summed E-state index contributed by atoms with van der Waals surface area (Å²) < 4.78 is 16.8. The molecule has 0 aliphatic rings. The molecular formula is C24H30O4. The molecule has 0 amide bonds. The summed E-state index contributed by atoms with van der Waals surface area (Å²) in [6.45, 7) is 4.74. The molecule has 0 saturated carbocycles. The molecule has 2 aromatic rings. The van der Waals surface area contributed by atoms with Crippen molar-refractivity contribution >= 4 is 0 Å². The van der Waals surface area contributed by atoms with Gasteiger partial charge in [0, 0.05) is 12.7 Å². The Morgan fingerprint density at radius 3 is 2.46 bits per heavy atom. The second kappa shape index (κ2) is 12.1. The number of benzene rings is 2. The van der Waals surface area contributed by atoms with E-state index in [1.54, 1.807) is 14.2 Å². The van der Waals surface area contributed by atoms with Crippen molar-refractivity contribution < 1.29 is 19.3 Å². The lowest BCUT2D eigenvalue weighted by Gasteiger charge is -2.22. The van der Waals surface area contributed by atoms with E-state index in [0.29, 0.717) is 31.8 Å². The van der Waals surface area contributed by atoms with Crippen LogP contribution in [0.2, 0.25) is 0 Å². The molecule has 0 heterocycles. The van der Waals surface area contributed by atoms with Gasteiger partial charge in [0.05, 0.1) is 26.4 Å². The van der Waals surface area contributed by atoms with Gasteiger partial charge in [-0.3, -0.25) is 0 Å². The number of methoxy groups -OCH3 is 2.